The van der Waals surface area contributed by atoms with Crippen molar-refractivity contribution in [3.8, 4) is 0 Å². The Hall–Kier alpha value is -5.80. The Balaban J connectivity index is 0.000000912. The molecule has 0 N–H and O–H groups in total. The van der Waals surface area contributed by atoms with Gasteiger partial charge in [0.2, 0.25) is 0 Å². The third-order valence-electron chi connectivity index (χ3n) is 11.3. The van der Waals surface area contributed by atoms with Crippen molar-refractivity contribution in [2.75, 3.05) is 0 Å². The van der Waals surface area contributed by atoms with Crippen LogP contribution in [0, 0.1) is 139 Å². The molecule has 6 rings (SSSR count). The van der Waals surface area contributed by atoms with Gasteiger partial charge in [-0.2, -0.15) is 0 Å². The summed E-state index contributed by atoms with van der Waals surface area (Å²) in [7, 11) is 0. The average Bonchev–Trinajstić information content (AvgIpc) is 3.30. The fourth-order valence-corrected chi connectivity index (χ4v) is 7.63. The lowest BCUT2D eigenvalue weighted by Gasteiger charge is -2.12. The highest BCUT2D eigenvalue weighted by molar-refractivity contribution is 5.33. The van der Waals surface area contributed by atoms with Crippen molar-refractivity contribution >= 4 is 0 Å². The SMILES string of the molecule is C.CC(C)Cc1c(F)cccc1F.CC(C)c1c(F)cccc1F.Cc1c(F)c(F)c(CC(C)C)c(F)c1F.Cc1c(F)c(F)c(F)c(C(C)C)c1F.Cc1cc(F)c(CC(C)C)c(F)c1.Cc1cc(F)cc(F)c1C(C)C. The molecule has 16 heteroatoms. The summed E-state index contributed by atoms with van der Waals surface area (Å²) in [4.78, 5) is 0. The first-order valence-electron chi connectivity index (χ1n) is 24.9. The van der Waals surface area contributed by atoms with E-state index < -0.39 is 121 Å². The van der Waals surface area contributed by atoms with E-state index in [9.17, 15) is 70.2 Å². The van der Waals surface area contributed by atoms with Crippen LogP contribution in [0.25, 0.3) is 0 Å². The summed E-state index contributed by atoms with van der Waals surface area (Å²) in [5.41, 5.74) is 0.499. The molecule has 0 heterocycles. The van der Waals surface area contributed by atoms with Crippen LogP contribution in [0.3, 0.4) is 0 Å². The fraction of sp³-hybridized carbons (Fsp3) is 0.419. The largest absolute Gasteiger partial charge is 0.207 e. The summed E-state index contributed by atoms with van der Waals surface area (Å²) in [6, 6.07) is 12.9. The van der Waals surface area contributed by atoms with Gasteiger partial charge in [0, 0.05) is 45.0 Å². The van der Waals surface area contributed by atoms with Gasteiger partial charge in [-0.05, 0) is 142 Å². The van der Waals surface area contributed by atoms with Crippen LogP contribution in [0.5, 0.6) is 0 Å². The fourth-order valence-electron chi connectivity index (χ4n) is 7.63. The predicted octanol–water partition coefficient (Wildman–Crippen LogP) is 21.2. The van der Waals surface area contributed by atoms with Crippen molar-refractivity contribution in [2.45, 2.75) is 155 Å². The Labute approximate surface area is 451 Å². The molecule has 0 aromatic heterocycles. The topological polar surface area (TPSA) is 0 Å². The monoisotopic (exact) mass is 1120 g/mol. The highest BCUT2D eigenvalue weighted by atomic mass is 19.2. The van der Waals surface area contributed by atoms with Gasteiger partial charge in [-0.15, -0.1) is 0 Å². The first kappa shape index (κ1) is 72.2. The van der Waals surface area contributed by atoms with Gasteiger partial charge in [-0.1, -0.05) is 103 Å². The van der Waals surface area contributed by atoms with Gasteiger partial charge in [0.15, 0.2) is 40.7 Å². The molecule has 0 nitrogen and oxygen atoms in total. The van der Waals surface area contributed by atoms with Crippen LogP contribution in [0.2, 0.25) is 0 Å². The maximum absolute atomic E-state index is 13.3. The normalized spacial score (nSPS) is 10.8. The van der Waals surface area contributed by atoms with Crippen molar-refractivity contribution in [2.24, 2.45) is 17.8 Å². The van der Waals surface area contributed by atoms with E-state index in [4.69, 9.17) is 0 Å². The first-order chi connectivity index (χ1) is 35.5. The molecule has 6 aromatic carbocycles. The minimum Gasteiger partial charge on any atom is -0.207 e. The van der Waals surface area contributed by atoms with E-state index in [-0.39, 0.29) is 60.1 Å². The van der Waals surface area contributed by atoms with E-state index >= 15 is 0 Å². The van der Waals surface area contributed by atoms with Crippen molar-refractivity contribution in [1.29, 1.82) is 0 Å². The predicted molar refractivity (Wildman–Crippen MR) is 282 cm³/mol. The highest BCUT2D eigenvalue weighted by Crippen LogP contribution is 2.30. The van der Waals surface area contributed by atoms with E-state index in [0.717, 1.165) is 19.9 Å². The molecule has 0 radical (unpaired) electrons. The second kappa shape index (κ2) is 32.9. The van der Waals surface area contributed by atoms with Crippen molar-refractivity contribution < 1.29 is 70.2 Å². The van der Waals surface area contributed by atoms with Crippen molar-refractivity contribution in [3.05, 3.63) is 209 Å². The molecule has 0 unspecified atom stereocenters. The molecule has 434 valence electrons. The lowest BCUT2D eigenvalue weighted by Crippen LogP contribution is -2.08. The molecular formula is C62H74F16. The third kappa shape index (κ3) is 21.1. The van der Waals surface area contributed by atoms with Gasteiger partial charge < -0.3 is 0 Å². The molecule has 0 aliphatic heterocycles. The maximum Gasteiger partial charge on any atom is 0.195 e. The van der Waals surface area contributed by atoms with Crippen LogP contribution in [0.1, 0.15) is 164 Å². The van der Waals surface area contributed by atoms with Crippen LogP contribution >= 0.6 is 0 Å². The molecule has 0 aliphatic rings. The Morgan fingerprint density at radius 1 is 0.308 bits per heavy atom. The molecule has 0 saturated heterocycles. The van der Waals surface area contributed by atoms with Gasteiger partial charge in [-0.3, -0.25) is 0 Å². The molecule has 0 bridgehead atoms. The summed E-state index contributed by atoms with van der Waals surface area (Å²) in [6.45, 7) is 27.0. The van der Waals surface area contributed by atoms with Gasteiger partial charge in [0.05, 0.1) is 0 Å². The number of rotatable bonds is 9. The zero-order valence-electron chi connectivity index (χ0n) is 46.4. The molecule has 0 aliphatic carbocycles. The Morgan fingerprint density at radius 3 is 0.987 bits per heavy atom. The third-order valence-corrected chi connectivity index (χ3v) is 11.3. The minimum atomic E-state index is -1.60. The summed E-state index contributed by atoms with van der Waals surface area (Å²) < 4.78 is 209. The van der Waals surface area contributed by atoms with Crippen LogP contribution in [0.15, 0.2) is 60.7 Å². The van der Waals surface area contributed by atoms with E-state index in [2.05, 4.69) is 0 Å². The molecule has 0 amide bonds. The summed E-state index contributed by atoms with van der Waals surface area (Å²) in [5.74, 6) is -14.3. The number of benzene rings is 6. The second-order valence-corrected chi connectivity index (χ2v) is 20.6. The lowest BCUT2D eigenvalue weighted by molar-refractivity contribution is 0.415. The molecule has 0 atom stereocenters. The van der Waals surface area contributed by atoms with E-state index in [1.165, 1.54) is 68.4 Å². The van der Waals surface area contributed by atoms with Crippen molar-refractivity contribution in [1.82, 2.24) is 0 Å². The van der Waals surface area contributed by atoms with Crippen molar-refractivity contribution in [3.63, 3.8) is 0 Å². The molecule has 0 saturated carbocycles. The Bertz CT molecular complexity index is 2720. The van der Waals surface area contributed by atoms with Gasteiger partial charge >= 0.3 is 0 Å². The molecular weight excluding hydrogens is 1050 g/mol. The highest BCUT2D eigenvalue weighted by Gasteiger charge is 2.25. The number of hydrogen-bond acceptors (Lipinski definition) is 0. The maximum atomic E-state index is 13.3. The zero-order valence-corrected chi connectivity index (χ0v) is 46.4. The van der Waals surface area contributed by atoms with E-state index in [0.29, 0.717) is 29.5 Å². The quantitative estimate of drug-likeness (QED) is 0.0769. The van der Waals surface area contributed by atoms with E-state index in [1.807, 2.05) is 41.5 Å². The summed E-state index contributed by atoms with van der Waals surface area (Å²) >= 11 is 0. The van der Waals surface area contributed by atoms with Crippen LogP contribution in [-0.2, 0) is 19.3 Å². The smallest absolute Gasteiger partial charge is 0.195 e. The number of halogens is 16. The average molecular weight is 1120 g/mol. The van der Waals surface area contributed by atoms with Crippen LogP contribution in [-0.4, -0.2) is 0 Å². The second-order valence-electron chi connectivity index (χ2n) is 20.6. The summed E-state index contributed by atoms with van der Waals surface area (Å²) in [6.07, 6.45) is 0.891. The first-order valence-corrected chi connectivity index (χ1v) is 24.9. The summed E-state index contributed by atoms with van der Waals surface area (Å²) in [5, 5.41) is 0. The minimum absolute atomic E-state index is 0. The van der Waals surface area contributed by atoms with Crippen LogP contribution in [0.4, 0.5) is 70.2 Å². The Kier molecular flexibility index (Phi) is 30.5. The van der Waals surface area contributed by atoms with Gasteiger partial charge in [0.1, 0.15) is 52.4 Å². The lowest BCUT2D eigenvalue weighted by atomic mass is 9.97. The molecule has 0 spiro atoms. The number of aryl methyl sites for hydroxylation is 2. The van der Waals surface area contributed by atoms with Gasteiger partial charge in [-0.25, -0.2) is 70.2 Å². The molecule has 0 fully saturated rings. The van der Waals surface area contributed by atoms with Crippen LogP contribution < -0.4 is 0 Å². The van der Waals surface area contributed by atoms with E-state index in [1.54, 1.807) is 41.5 Å². The molecule has 78 heavy (non-hydrogen) atoms. The Morgan fingerprint density at radius 2 is 0.641 bits per heavy atom. The standard InChI is InChI=1S/C11H12F4.C11H14F2.C10H10F4.2C10H12F2.C9H10F2.CH4/c1-5(2)4-7-10(14)8(12)6(3)9(13)11(7)15;1-7(2)4-9-10(12)5-8(3)6-11(9)13;1-4(2)6-7(11)5(3)8(12)10(14)9(6)13;1-6(2)10-7(3)4-8(11)5-9(10)12;1-7(2)6-8-9(11)4-3-5-10(8)12;1-6(2)9-7(10)4-3-5-8(9)11;/h5H,4H2,1-3H3;5-7H,4H2,1-3H3;4H,1-3H3;4-6H,1-3H3;3-5,7H,6H2,1-2H3;3-6H,1-2H3;1H4. The molecule has 6 aromatic rings. The van der Waals surface area contributed by atoms with Gasteiger partial charge in [0.25, 0.3) is 0 Å². The zero-order chi connectivity index (χ0) is 59.7. The number of hydrogen-bond donors (Lipinski definition) is 0.